The third-order valence-corrected chi connectivity index (χ3v) is 5.55. The molecule has 1 aromatic heterocycles. The number of piperidine rings is 1. The van der Waals surface area contributed by atoms with E-state index in [-0.39, 0.29) is 0 Å². The molecular weight excluding hydrogens is 284 g/mol. The number of para-hydroxylation sites is 1. The fraction of sp³-hybridized carbons (Fsp3) is 0.500. The zero-order valence-electron chi connectivity index (χ0n) is 12.2. The van der Waals surface area contributed by atoms with Crippen LogP contribution in [0.25, 0.3) is 10.2 Å². The molecule has 0 saturated carbocycles. The Hall–Kier alpha value is -1.62. The van der Waals surface area contributed by atoms with Crippen molar-refractivity contribution in [2.75, 3.05) is 18.0 Å². The first-order valence-electron chi connectivity index (χ1n) is 7.48. The summed E-state index contributed by atoms with van der Waals surface area (Å²) < 4.78 is 1.19. The van der Waals surface area contributed by atoms with Crippen LogP contribution in [0.2, 0.25) is 0 Å². The fourth-order valence-corrected chi connectivity index (χ4v) is 4.19. The SMILES string of the molecule is CCCC1(C(=O)O)CCN(c2nc3ccccc3s2)CC1. The minimum absolute atomic E-state index is 0.526. The van der Waals surface area contributed by atoms with Gasteiger partial charge in [0.05, 0.1) is 15.6 Å². The van der Waals surface area contributed by atoms with Gasteiger partial charge in [-0.15, -0.1) is 0 Å². The molecule has 1 aliphatic rings. The van der Waals surface area contributed by atoms with Crippen molar-refractivity contribution < 1.29 is 9.90 Å². The predicted molar refractivity (Wildman–Crippen MR) is 86.0 cm³/mol. The summed E-state index contributed by atoms with van der Waals surface area (Å²) in [7, 11) is 0. The summed E-state index contributed by atoms with van der Waals surface area (Å²) in [6.07, 6.45) is 3.13. The van der Waals surface area contributed by atoms with Crippen LogP contribution < -0.4 is 4.90 Å². The van der Waals surface area contributed by atoms with Crippen LogP contribution in [0.5, 0.6) is 0 Å². The van der Waals surface area contributed by atoms with E-state index in [4.69, 9.17) is 0 Å². The number of carbonyl (C=O) groups is 1. The van der Waals surface area contributed by atoms with Crippen LogP contribution in [-0.4, -0.2) is 29.1 Å². The van der Waals surface area contributed by atoms with E-state index in [9.17, 15) is 9.90 Å². The number of nitrogens with zero attached hydrogens (tertiary/aromatic N) is 2. The van der Waals surface area contributed by atoms with Crippen LogP contribution in [0.15, 0.2) is 24.3 Å². The molecule has 5 heteroatoms. The van der Waals surface area contributed by atoms with Gasteiger partial charge < -0.3 is 10.0 Å². The first-order valence-corrected chi connectivity index (χ1v) is 8.30. The van der Waals surface area contributed by atoms with E-state index in [1.165, 1.54) is 4.70 Å². The number of hydrogen-bond donors (Lipinski definition) is 1. The second kappa shape index (κ2) is 5.64. The lowest BCUT2D eigenvalue weighted by atomic mass is 9.75. The summed E-state index contributed by atoms with van der Waals surface area (Å²) in [5, 5.41) is 10.6. The molecule has 0 spiro atoms. The molecule has 0 unspecified atom stereocenters. The summed E-state index contributed by atoms with van der Waals surface area (Å²) in [6, 6.07) is 8.13. The Kier molecular flexibility index (Phi) is 3.85. The van der Waals surface area contributed by atoms with Crippen molar-refractivity contribution in [1.82, 2.24) is 4.98 Å². The predicted octanol–water partition coefficient (Wildman–Crippen LogP) is 3.77. The molecule has 1 N–H and O–H groups in total. The number of hydrogen-bond acceptors (Lipinski definition) is 4. The van der Waals surface area contributed by atoms with Crippen LogP contribution in [0, 0.1) is 5.41 Å². The number of fused-ring (bicyclic) bond motifs is 1. The molecule has 3 rings (SSSR count). The minimum atomic E-state index is -0.631. The highest BCUT2D eigenvalue weighted by molar-refractivity contribution is 7.22. The van der Waals surface area contributed by atoms with Crippen molar-refractivity contribution in [3.63, 3.8) is 0 Å². The largest absolute Gasteiger partial charge is 0.481 e. The molecule has 4 nitrogen and oxygen atoms in total. The van der Waals surface area contributed by atoms with Gasteiger partial charge in [-0.25, -0.2) is 4.98 Å². The topological polar surface area (TPSA) is 53.4 Å². The lowest BCUT2D eigenvalue weighted by molar-refractivity contribution is -0.150. The van der Waals surface area contributed by atoms with Gasteiger partial charge in [0.1, 0.15) is 0 Å². The third kappa shape index (κ3) is 2.62. The van der Waals surface area contributed by atoms with E-state index in [2.05, 4.69) is 22.9 Å². The van der Waals surface area contributed by atoms with E-state index < -0.39 is 11.4 Å². The quantitative estimate of drug-likeness (QED) is 0.934. The molecule has 21 heavy (non-hydrogen) atoms. The van der Waals surface area contributed by atoms with Crippen molar-refractivity contribution in [2.24, 2.45) is 5.41 Å². The zero-order chi connectivity index (χ0) is 14.9. The van der Waals surface area contributed by atoms with Crippen LogP contribution in [0.3, 0.4) is 0 Å². The third-order valence-electron chi connectivity index (χ3n) is 4.46. The van der Waals surface area contributed by atoms with E-state index in [0.717, 1.165) is 36.6 Å². The Balaban J connectivity index is 1.77. The van der Waals surface area contributed by atoms with Crippen LogP contribution in [0.1, 0.15) is 32.6 Å². The second-order valence-electron chi connectivity index (χ2n) is 5.79. The lowest BCUT2D eigenvalue weighted by Gasteiger charge is -2.38. The second-order valence-corrected chi connectivity index (χ2v) is 6.80. The van der Waals surface area contributed by atoms with Crippen LogP contribution in [-0.2, 0) is 4.79 Å². The highest BCUT2D eigenvalue weighted by Gasteiger charge is 2.41. The molecule has 0 radical (unpaired) electrons. The maximum absolute atomic E-state index is 11.6. The van der Waals surface area contributed by atoms with E-state index in [1.807, 2.05) is 18.2 Å². The average molecular weight is 304 g/mol. The van der Waals surface area contributed by atoms with Gasteiger partial charge in [0.25, 0.3) is 0 Å². The Morgan fingerprint density at radius 1 is 1.38 bits per heavy atom. The Morgan fingerprint density at radius 2 is 2.10 bits per heavy atom. The molecule has 1 saturated heterocycles. The number of carboxylic acid groups (broad SMARTS) is 1. The van der Waals surface area contributed by atoms with Gasteiger partial charge in [-0.2, -0.15) is 0 Å². The number of aliphatic carboxylic acids is 1. The highest BCUT2D eigenvalue weighted by Crippen LogP contribution is 2.39. The summed E-state index contributed by atoms with van der Waals surface area (Å²) in [6.45, 7) is 3.63. The molecule has 1 fully saturated rings. The standard InChI is InChI=1S/C16H20N2O2S/c1-2-7-16(14(19)20)8-10-18(11-9-16)15-17-12-5-3-4-6-13(12)21-15/h3-6H,2,7-11H2,1H3,(H,19,20). The molecule has 2 aromatic rings. The lowest BCUT2D eigenvalue weighted by Crippen LogP contribution is -2.44. The zero-order valence-corrected chi connectivity index (χ0v) is 13.0. The van der Waals surface area contributed by atoms with E-state index in [0.29, 0.717) is 12.8 Å². The first-order chi connectivity index (χ1) is 10.1. The highest BCUT2D eigenvalue weighted by atomic mass is 32.1. The summed E-state index contributed by atoms with van der Waals surface area (Å²) in [4.78, 5) is 18.5. The van der Waals surface area contributed by atoms with Crippen molar-refractivity contribution in [3.8, 4) is 0 Å². The average Bonchev–Trinajstić information content (AvgIpc) is 2.92. The number of thiazole rings is 1. The monoisotopic (exact) mass is 304 g/mol. The molecule has 112 valence electrons. The van der Waals surface area contributed by atoms with Crippen molar-refractivity contribution >= 4 is 32.7 Å². The number of carboxylic acids is 1. The van der Waals surface area contributed by atoms with Crippen molar-refractivity contribution in [1.29, 1.82) is 0 Å². The van der Waals surface area contributed by atoms with Gasteiger partial charge in [-0.05, 0) is 31.4 Å². The van der Waals surface area contributed by atoms with Gasteiger partial charge in [-0.3, -0.25) is 4.79 Å². The molecule has 2 heterocycles. The molecular formula is C16H20N2O2S. The Labute approximate surface area is 128 Å². The number of aromatic nitrogens is 1. The maximum Gasteiger partial charge on any atom is 0.309 e. The molecule has 1 aromatic carbocycles. The van der Waals surface area contributed by atoms with E-state index in [1.54, 1.807) is 11.3 Å². The Bertz CT molecular complexity index is 612. The summed E-state index contributed by atoms with van der Waals surface area (Å²) in [5.74, 6) is -0.631. The van der Waals surface area contributed by atoms with E-state index >= 15 is 0 Å². The smallest absolute Gasteiger partial charge is 0.309 e. The number of anilines is 1. The maximum atomic E-state index is 11.6. The molecule has 0 bridgehead atoms. The summed E-state index contributed by atoms with van der Waals surface area (Å²) >= 11 is 1.69. The molecule has 0 atom stereocenters. The van der Waals surface area contributed by atoms with Gasteiger partial charge in [0, 0.05) is 13.1 Å². The summed E-state index contributed by atoms with van der Waals surface area (Å²) in [5.41, 5.74) is 0.503. The van der Waals surface area contributed by atoms with Gasteiger partial charge in [0.15, 0.2) is 5.13 Å². The van der Waals surface area contributed by atoms with Gasteiger partial charge >= 0.3 is 5.97 Å². The van der Waals surface area contributed by atoms with Crippen molar-refractivity contribution in [3.05, 3.63) is 24.3 Å². The molecule has 0 aliphatic carbocycles. The number of rotatable bonds is 4. The first kappa shape index (κ1) is 14.3. The van der Waals surface area contributed by atoms with Crippen LogP contribution in [0.4, 0.5) is 5.13 Å². The Morgan fingerprint density at radius 3 is 2.71 bits per heavy atom. The van der Waals surface area contributed by atoms with Crippen LogP contribution >= 0.6 is 11.3 Å². The normalized spacial score (nSPS) is 18.0. The van der Waals surface area contributed by atoms with Gasteiger partial charge in [0.2, 0.25) is 0 Å². The van der Waals surface area contributed by atoms with Crippen molar-refractivity contribution in [2.45, 2.75) is 32.6 Å². The van der Waals surface area contributed by atoms with Gasteiger partial charge in [-0.1, -0.05) is 36.8 Å². The minimum Gasteiger partial charge on any atom is -0.481 e. The molecule has 1 aliphatic heterocycles. The molecule has 0 amide bonds. The fourth-order valence-electron chi connectivity index (χ4n) is 3.17. The number of benzene rings is 1.